The number of hydrogen-bond donors (Lipinski definition) is 16. The lowest BCUT2D eigenvalue weighted by atomic mass is 9.71. The first-order valence-corrected chi connectivity index (χ1v) is 42.6. The van der Waals surface area contributed by atoms with Gasteiger partial charge in [-0.05, 0) is 140 Å². The first-order valence-electron chi connectivity index (χ1n) is 42.6. The Balaban J connectivity index is 0.000000189. The summed E-state index contributed by atoms with van der Waals surface area (Å²) in [6.45, 7) is 19.6. The number of carbonyl (C=O) groups excluding carboxylic acids is 6. The molecule has 3 fully saturated rings. The van der Waals surface area contributed by atoms with Gasteiger partial charge in [-0.3, -0.25) is 47.6 Å². The summed E-state index contributed by atoms with van der Waals surface area (Å²) in [5.41, 5.74) is 38.9. The van der Waals surface area contributed by atoms with Gasteiger partial charge in [0, 0.05) is 65.2 Å². The second-order valence-corrected chi connectivity index (χ2v) is 33.5. The van der Waals surface area contributed by atoms with Crippen LogP contribution in [0, 0.1) is 30.1 Å². The van der Waals surface area contributed by atoms with Crippen LogP contribution in [0.15, 0.2) is 133 Å². The fourth-order valence-corrected chi connectivity index (χ4v) is 16.7. The summed E-state index contributed by atoms with van der Waals surface area (Å²) >= 11 is 0. The van der Waals surface area contributed by atoms with Crippen LogP contribution in [0.1, 0.15) is 181 Å². The number of nitrogens with zero attached hydrogens (tertiary/aromatic N) is 11. The number of H-pyrrole nitrogens is 1. The minimum absolute atomic E-state index is 0.0408. The van der Waals surface area contributed by atoms with E-state index in [1.54, 1.807) is 68.3 Å². The first-order chi connectivity index (χ1) is 59.2. The molecule has 124 heavy (non-hydrogen) atoms. The first kappa shape index (κ1) is 93.8. The van der Waals surface area contributed by atoms with Gasteiger partial charge in [-0.25, -0.2) is 34.9 Å². The number of hydrogen-bond acceptors (Lipinski definition) is 28. The molecule has 10 heterocycles. The van der Waals surface area contributed by atoms with E-state index in [4.69, 9.17) is 42.9 Å². The van der Waals surface area contributed by atoms with Crippen LogP contribution >= 0.6 is 0 Å². The van der Waals surface area contributed by atoms with E-state index in [9.17, 15) is 59.4 Å². The van der Waals surface area contributed by atoms with Gasteiger partial charge in [0.15, 0.2) is 53.0 Å². The number of aromatic nitrogens is 12. The summed E-state index contributed by atoms with van der Waals surface area (Å²) in [6, 6.07) is 20.9. The van der Waals surface area contributed by atoms with E-state index < -0.39 is 103 Å². The molecule has 7 aromatic heterocycles. The van der Waals surface area contributed by atoms with Crippen molar-refractivity contribution in [1.29, 1.82) is 0 Å². The highest BCUT2D eigenvalue weighted by Crippen LogP contribution is 2.42. The van der Waals surface area contributed by atoms with Crippen molar-refractivity contribution in [3.63, 3.8) is 0 Å². The van der Waals surface area contributed by atoms with E-state index in [0.29, 0.717) is 151 Å². The number of rotatable bonds is 35. The number of aromatic amines is 1. The Kier molecular flexibility index (Phi) is 31.9. The number of aliphatic hydroxyl groups excluding tert-OH is 6. The number of nitrogens with one attached hydrogen (secondary N) is 5. The molecule has 2 aromatic carbocycles. The largest absolute Gasteiger partial charge is 0.397 e. The number of Topliss-reactive ketones (excluding diaryl/α,β-unsaturated/α-hetero) is 2. The lowest BCUT2D eigenvalue weighted by molar-refractivity contribution is -0.130. The molecular weight excluding hydrogens is 1590 g/mol. The molecule has 3 aliphatic heterocycles. The number of anilines is 3. The fourth-order valence-electron chi connectivity index (χ4n) is 16.7. The van der Waals surface area contributed by atoms with E-state index >= 15 is 0 Å². The lowest BCUT2D eigenvalue weighted by Gasteiger charge is -2.32. The van der Waals surface area contributed by atoms with Gasteiger partial charge in [0.1, 0.15) is 65.5 Å². The average Bonchev–Trinajstić information content (AvgIpc) is 1.67. The Bertz CT molecular complexity index is 5220. The molecule has 36 heteroatoms. The predicted molar refractivity (Wildman–Crippen MR) is 464 cm³/mol. The summed E-state index contributed by atoms with van der Waals surface area (Å²) in [7, 11) is 0. The summed E-state index contributed by atoms with van der Waals surface area (Å²) in [5, 5.41) is 83.6. The molecule has 0 spiro atoms. The Morgan fingerprint density at radius 3 is 1.49 bits per heavy atom. The van der Waals surface area contributed by atoms with Crippen molar-refractivity contribution in [3.05, 3.63) is 150 Å². The highest BCUT2D eigenvalue weighted by atomic mass is 16.6. The van der Waals surface area contributed by atoms with Gasteiger partial charge >= 0.3 is 0 Å². The number of nitrogens with two attached hydrogens (primary N) is 5. The number of imidazole rings is 3. The molecule has 0 saturated carbocycles. The van der Waals surface area contributed by atoms with Gasteiger partial charge in [-0.2, -0.15) is 5.10 Å². The molecule has 18 atom stereocenters. The summed E-state index contributed by atoms with van der Waals surface area (Å²) in [6.07, 6.45) is 5.09. The van der Waals surface area contributed by atoms with E-state index in [1.165, 1.54) is 29.9 Å². The summed E-state index contributed by atoms with van der Waals surface area (Å²) in [5.74, 6) is -1.13. The molecule has 1 aliphatic carbocycles. The fraction of sp³-hybridized carbons (Fsp3) is 0.523. The number of likely N-dealkylation sites (N-methyl/N-ethyl adjacent to an activating group) is 1. The predicted octanol–water partition coefficient (Wildman–Crippen LogP) is 5.75. The number of allylic oxidation sites excluding steroid dienone is 4. The molecule has 13 rings (SSSR count). The average molecular weight is 1710 g/mol. The number of nitrogen functional groups attached to an aromatic ring is 3. The van der Waals surface area contributed by atoms with Crippen LogP contribution in [-0.4, -0.2) is 211 Å². The number of ether oxygens (including phenoxy) is 3. The maximum atomic E-state index is 13.7. The van der Waals surface area contributed by atoms with Crippen LogP contribution in [0.2, 0.25) is 0 Å². The molecule has 0 radical (unpaired) electrons. The number of amides is 4. The van der Waals surface area contributed by atoms with Crippen molar-refractivity contribution in [2.24, 2.45) is 34.6 Å². The number of fused-ring (bicyclic) bond motifs is 3. The third kappa shape index (κ3) is 22.1. The van der Waals surface area contributed by atoms with Crippen LogP contribution in [0.4, 0.5) is 17.2 Å². The summed E-state index contributed by atoms with van der Waals surface area (Å²) in [4.78, 5) is 108. The maximum absolute atomic E-state index is 13.7. The van der Waals surface area contributed by atoms with Crippen LogP contribution < -0.4 is 49.9 Å². The minimum Gasteiger partial charge on any atom is -0.397 e. The molecule has 5 unspecified atom stereocenters. The third-order valence-corrected chi connectivity index (χ3v) is 24.4. The maximum Gasteiger partial charge on any atom is 0.242 e. The van der Waals surface area contributed by atoms with Crippen LogP contribution in [-0.2, 0) is 55.9 Å². The Morgan fingerprint density at radius 1 is 0.532 bits per heavy atom. The number of benzene rings is 2. The van der Waals surface area contributed by atoms with E-state index in [0.717, 1.165) is 47.3 Å². The molecule has 9 aromatic rings. The van der Waals surface area contributed by atoms with Crippen LogP contribution in [0.3, 0.4) is 0 Å². The highest BCUT2D eigenvalue weighted by Gasteiger charge is 2.48. The molecule has 3 saturated heterocycles. The molecular formula is C88H121N21O15. The van der Waals surface area contributed by atoms with E-state index in [1.807, 2.05) is 95.3 Å². The number of pyridine rings is 2. The normalized spacial score (nSPS) is 23.0. The van der Waals surface area contributed by atoms with Crippen molar-refractivity contribution >= 4 is 85.9 Å². The van der Waals surface area contributed by atoms with Gasteiger partial charge in [0.2, 0.25) is 23.6 Å². The van der Waals surface area contributed by atoms with Gasteiger partial charge in [-0.1, -0.05) is 114 Å². The van der Waals surface area contributed by atoms with Gasteiger partial charge in [0.25, 0.3) is 0 Å². The Morgan fingerprint density at radius 2 is 1.00 bits per heavy atom. The minimum atomic E-state index is -1.26. The van der Waals surface area contributed by atoms with Crippen LogP contribution in [0.25, 0.3) is 44.7 Å². The van der Waals surface area contributed by atoms with Crippen molar-refractivity contribution in [3.8, 4) is 11.3 Å². The molecule has 36 nitrogen and oxygen atoms in total. The zero-order chi connectivity index (χ0) is 89.5. The highest BCUT2D eigenvalue weighted by molar-refractivity contribution is 6.25. The number of ketones is 2. The molecule has 668 valence electrons. The van der Waals surface area contributed by atoms with E-state index in [-0.39, 0.29) is 59.3 Å². The monoisotopic (exact) mass is 1710 g/mol. The molecule has 4 aliphatic rings. The second-order valence-electron chi connectivity index (χ2n) is 33.5. The SMILES string of the molecule is CCNC(=O)C(N)CC[C@H](CC)C[C@H]1O[C@@H](n2cnc3c(N)ccnc32)[C@@H](O)C1O.CC[C@@H](CCC(NC(=O)CC(C)(C)C1=C(C)C(=O)C(C)=C(C)C1=O)C(=O)NCCc1ccc(C)cc1)C[C@H]1O[C@@H](n2cnc3c(N)ncnc32)[C@@H](O)C1O.CC[C@@H](CC[C@H](N)C(=O)NCc1cc(-c2ccccc2)n[nH]1)C[C@H]1O[C@@H](n2cnc3c(N)ccnc32)[C@@H](O)C1O. The third-order valence-electron chi connectivity index (χ3n) is 24.4. The summed E-state index contributed by atoms with van der Waals surface area (Å²) < 4.78 is 23.1. The second kappa shape index (κ2) is 42.2. The van der Waals surface area contributed by atoms with Crippen molar-refractivity contribution in [2.75, 3.05) is 30.3 Å². The number of aliphatic hydroxyl groups is 6. The Labute approximate surface area is 719 Å². The van der Waals surface area contributed by atoms with Crippen molar-refractivity contribution in [2.45, 2.75) is 257 Å². The van der Waals surface area contributed by atoms with E-state index in [2.05, 4.69) is 66.4 Å². The number of aryl methyl sites for hydroxylation is 1. The van der Waals surface area contributed by atoms with Crippen molar-refractivity contribution in [1.82, 2.24) is 80.1 Å². The zero-order valence-corrected chi connectivity index (χ0v) is 72.0. The quantitative estimate of drug-likeness (QED) is 0.0210. The van der Waals surface area contributed by atoms with Gasteiger partial charge in [-0.15, -0.1) is 0 Å². The van der Waals surface area contributed by atoms with Crippen LogP contribution in [0.5, 0.6) is 0 Å². The lowest BCUT2D eigenvalue weighted by Crippen LogP contribution is -2.48. The standard InChI is InChI=1S/C40H53N7O7.C28H36N8O4.C20H32N6O4/c1-8-25(17-28-34(51)35(52)39(54-28)47-20-45-31-36(41)43-19-44-37(31)47)13-14-27(38(53)42-16-15-26-11-9-21(2)10-12-26)46-29(48)18-40(6,7)30-24(5)32(49)22(3)23(4)33(30)50;1-2-16(8-9-20(30)27(39)32-14-18-13-21(35-34-18)17-6-4-3-5-7-17)12-22-24(37)25(38)28(40-22)36-15-33-23-19(29)10-11-31-26(23)36;1-3-11(5-6-13(22)19(29)23-4-2)9-14-16(27)17(28)20(30-14)26-10-25-15-12(21)7-8-24-18(15)26/h9-12,19-20,25,27-28,34-35,39,51-52H,8,13-18H2,1-7H3,(H,42,53)(H,46,48)(H2,41,43,44);3-7,10-11,13,15-16,20,22,24-25,28,37-38H,2,8-9,12,14,30H2,1H3,(H2,29,31)(H,32,39)(H,34,35);7-8,10-11,13-14,16-17,20,27-28H,3-6,9,22H2,1-2H3,(H2,21,24)(H,23,29)/t25-,27?,28+,34?,35-,39+;16-,20-,22+,24?,25-,28+;11-,13?,14+,16?,17-,20+/m000/s1. The van der Waals surface area contributed by atoms with Gasteiger partial charge < -0.3 is 94.8 Å². The molecule has 0 bridgehead atoms. The molecule has 21 N–H and O–H groups in total. The van der Waals surface area contributed by atoms with Gasteiger partial charge in [0.05, 0.1) is 78.7 Å². The zero-order valence-electron chi connectivity index (χ0n) is 72.0. The Hall–Kier alpha value is -10.9. The smallest absolute Gasteiger partial charge is 0.242 e. The van der Waals surface area contributed by atoms with Crippen molar-refractivity contribution < 1.29 is 73.6 Å². The number of carbonyl (C=O) groups is 6. The topological polar surface area (TPSA) is 563 Å². The molecule has 4 amide bonds.